The number of nitrogens with zero attached hydrogens (tertiary/aromatic N) is 3. The Hall–Kier alpha value is -2.11. The molecule has 0 aliphatic rings. The zero-order valence-electron chi connectivity index (χ0n) is 10.7. The molecule has 1 amide bonds. The second-order valence-electron chi connectivity index (χ2n) is 4.79. The second-order valence-corrected chi connectivity index (χ2v) is 4.79. The van der Waals surface area contributed by atoms with Crippen LogP contribution in [0.3, 0.4) is 0 Å². The molecule has 2 aromatic rings. The number of aromatic nitrogens is 3. The summed E-state index contributed by atoms with van der Waals surface area (Å²) in [6.45, 7) is 5.75. The topological polar surface area (TPSA) is 99.8 Å². The zero-order chi connectivity index (χ0) is 13.4. The Labute approximate surface area is 105 Å². The molecule has 2 aromatic heterocycles. The van der Waals surface area contributed by atoms with Crippen molar-refractivity contribution in [1.29, 1.82) is 0 Å². The number of nitrogen functional groups attached to an aromatic ring is 1. The van der Waals surface area contributed by atoms with Gasteiger partial charge in [0.1, 0.15) is 11.6 Å². The maximum absolute atomic E-state index is 11.6. The highest BCUT2D eigenvalue weighted by molar-refractivity contribution is 5.83. The number of fused-ring (bicyclic) bond motifs is 1. The third-order valence-corrected chi connectivity index (χ3v) is 2.90. The summed E-state index contributed by atoms with van der Waals surface area (Å²) in [6.07, 6.45) is 1.72. The number of pyridine rings is 1. The molecule has 1 unspecified atom stereocenters. The van der Waals surface area contributed by atoms with E-state index in [1.807, 2.05) is 26.8 Å². The van der Waals surface area contributed by atoms with Crippen molar-refractivity contribution in [1.82, 2.24) is 14.5 Å². The van der Waals surface area contributed by atoms with Gasteiger partial charge in [0.2, 0.25) is 11.9 Å². The van der Waals surface area contributed by atoms with E-state index < -0.39 is 11.9 Å². The third kappa shape index (κ3) is 1.90. The number of rotatable bonds is 3. The van der Waals surface area contributed by atoms with Crippen LogP contribution in [0.4, 0.5) is 5.95 Å². The summed E-state index contributed by atoms with van der Waals surface area (Å²) in [5, 5.41) is 0. The van der Waals surface area contributed by atoms with Crippen LogP contribution in [0.5, 0.6) is 0 Å². The Morgan fingerprint density at radius 2 is 2.11 bits per heavy atom. The number of hydrogen-bond acceptors (Lipinski definition) is 4. The minimum atomic E-state index is -0.537. The quantitative estimate of drug-likeness (QED) is 0.845. The van der Waals surface area contributed by atoms with E-state index in [2.05, 4.69) is 9.97 Å². The first-order chi connectivity index (χ1) is 8.41. The van der Waals surface area contributed by atoms with Gasteiger partial charge < -0.3 is 11.5 Å². The smallest absolute Gasteiger partial charge is 0.240 e. The average molecular weight is 247 g/mol. The molecule has 0 bridgehead atoms. The predicted octanol–water partition coefficient (Wildman–Crippen LogP) is 1.00. The van der Waals surface area contributed by atoms with Gasteiger partial charge in [0.05, 0.1) is 0 Å². The van der Waals surface area contributed by atoms with Crippen LogP contribution in [0.15, 0.2) is 12.3 Å². The Morgan fingerprint density at radius 1 is 1.44 bits per heavy atom. The number of nitrogens with two attached hydrogens (primary N) is 2. The maximum atomic E-state index is 11.6. The van der Waals surface area contributed by atoms with Crippen molar-refractivity contribution in [2.45, 2.75) is 26.8 Å². The summed E-state index contributed by atoms with van der Waals surface area (Å²) < 4.78 is 1.61. The standard InChI is InChI=1S/C12H17N5O/c1-6(2)9(10(13)18)17-11-8(16-12(17)14)4-7(3)5-15-11/h4-6,9H,1-3H3,(H2,13,18)(H2,14,16). The molecule has 1 atom stereocenters. The molecule has 18 heavy (non-hydrogen) atoms. The molecule has 0 saturated carbocycles. The summed E-state index contributed by atoms with van der Waals surface area (Å²) in [4.78, 5) is 20.1. The highest BCUT2D eigenvalue weighted by atomic mass is 16.1. The lowest BCUT2D eigenvalue weighted by Gasteiger charge is -2.20. The monoisotopic (exact) mass is 247 g/mol. The van der Waals surface area contributed by atoms with Crippen molar-refractivity contribution in [3.63, 3.8) is 0 Å². The molecular formula is C12H17N5O. The number of carbonyl (C=O) groups excluding carboxylic acids is 1. The lowest BCUT2D eigenvalue weighted by molar-refractivity contribution is -0.122. The fourth-order valence-electron chi connectivity index (χ4n) is 2.13. The highest BCUT2D eigenvalue weighted by Crippen LogP contribution is 2.26. The van der Waals surface area contributed by atoms with Crippen LogP contribution in [0.2, 0.25) is 0 Å². The van der Waals surface area contributed by atoms with E-state index in [0.29, 0.717) is 11.2 Å². The molecule has 0 radical (unpaired) electrons. The van der Waals surface area contributed by atoms with Crippen molar-refractivity contribution in [3.8, 4) is 0 Å². The van der Waals surface area contributed by atoms with Crippen molar-refractivity contribution >= 4 is 23.0 Å². The van der Waals surface area contributed by atoms with Crippen LogP contribution >= 0.6 is 0 Å². The van der Waals surface area contributed by atoms with Gasteiger partial charge in [-0.05, 0) is 24.5 Å². The molecule has 6 heteroatoms. The highest BCUT2D eigenvalue weighted by Gasteiger charge is 2.26. The second kappa shape index (κ2) is 4.29. The Kier molecular flexibility index (Phi) is 2.94. The van der Waals surface area contributed by atoms with Crippen LogP contribution in [-0.4, -0.2) is 20.4 Å². The molecule has 0 aliphatic heterocycles. The fraction of sp³-hybridized carbons (Fsp3) is 0.417. The maximum Gasteiger partial charge on any atom is 0.240 e. The van der Waals surface area contributed by atoms with Crippen molar-refractivity contribution < 1.29 is 4.79 Å². The van der Waals surface area contributed by atoms with Gasteiger partial charge in [0, 0.05) is 6.20 Å². The molecule has 0 fully saturated rings. The summed E-state index contributed by atoms with van der Waals surface area (Å²) in [5.74, 6) is -0.149. The van der Waals surface area contributed by atoms with Crippen molar-refractivity contribution in [3.05, 3.63) is 17.8 Å². The molecule has 2 heterocycles. The number of hydrogen-bond donors (Lipinski definition) is 2. The molecule has 6 nitrogen and oxygen atoms in total. The van der Waals surface area contributed by atoms with Gasteiger partial charge in [-0.1, -0.05) is 13.8 Å². The van der Waals surface area contributed by atoms with Gasteiger partial charge in [-0.15, -0.1) is 0 Å². The lowest BCUT2D eigenvalue weighted by atomic mass is 10.0. The molecule has 0 aromatic carbocycles. The Morgan fingerprint density at radius 3 is 2.67 bits per heavy atom. The summed E-state index contributed by atoms with van der Waals surface area (Å²) in [7, 11) is 0. The molecule has 0 aliphatic carbocycles. The zero-order valence-corrected chi connectivity index (χ0v) is 10.7. The van der Waals surface area contributed by atoms with E-state index in [4.69, 9.17) is 11.5 Å². The fourth-order valence-corrected chi connectivity index (χ4v) is 2.13. The van der Waals surface area contributed by atoms with Crippen LogP contribution in [0, 0.1) is 12.8 Å². The first-order valence-corrected chi connectivity index (χ1v) is 5.81. The van der Waals surface area contributed by atoms with Crippen molar-refractivity contribution in [2.75, 3.05) is 5.73 Å². The average Bonchev–Trinajstić information content (AvgIpc) is 2.54. The molecule has 96 valence electrons. The number of anilines is 1. The minimum Gasteiger partial charge on any atom is -0.369 e. The Bertz CT molecular complexity index is 602. The molecule has 4 N–H and O–H groups in total. The molecular weight excluding hydrogens is 230 g/mol. The van der Waals surface area contributed by atoms with E-state index in [0.717, 1.165) is 5.56 Å². The summed E-state index contributed by atoms with van der Waals surface area (Å²) >= 11 is 0. The number of amides is 1. The van der Waals surface area contributed by atoms with E-state index in [-0.39, 0.29) is 11.9 Å². The van der Waals surface area contributed by atoms with E-state index in [1.54, 1.807) is 10.8 Å². The number of carbonyl (C=O) groups is 1. The van der Waals surface area contributed by atoms with Gasteiger partial charge in [-0.2, -0.15) is 0 Å². The first kappa shape index (κ1) is 12.3. The predicted molar refractivity (Wildman–Crippen MR) is 69.7 cm³/mol. The Balaban J connectivity index is 2.69. The largest absolute Gasteiger partial charge is 0.369 e. The molecule has 0 saturated heterocycles. The third-order valence-electron chi connectivity index (χ3n) is 2.90. The van der Waals surface area contributed by atoms with Gasteiger partial charge in [0.15, 0.2) is 5.65 Å². The van der Waals surface area contributed by atoms with Gasteiger partial charge in [0.25, 0.3) is 0 Å². The van der Waals surface area contributed by atoms with Crippen LogP contribution in [-0.2, 0) is 4.79 Å². The van der Waals surface area contributed by atoms with Gasteiger partial charge >= 0.3 is 0 Å². The number of imidazole rings is 1. The van der Waals surface area contributed by atoms with Crippen molar-refractivity contribution in [2.24, 2.45) is 11.7 Å². The molecule has 2 rings (SSSR count). The van der Waals surface area contributed by atoms with Gasteiger partial charge in [-0.3, -0.25) is 9.36 Å². The van der Waals surface area contributed by atoms with E-state index in [1.165, 1.54) is 0 Å². The van der Waals surface area contributed by atoms with E-state index in [9.17, 15) is 4.79 Å². The normalized spacial score (nSPS) is 13.1. The minimum absolute atomic E-state index is 0.0188. The number of primary amides is 1. The SMILES string of the molecule is Cc1cnc2c(c1)nc(N)n2C(C(N)=O)C(C)C. The molecule has 0 spiro atoms. The first-order valence-electron chi connectivity index (χ1n) is 5.81. The van der Waals surface area contributed by atoms with E-state index >= 15 is 0 Å². The van der Waals surface area contributed by atoms with Crippen LogP contribution in [0.25, 0.3) is 11.2 Å². The van der Waals surface area contributed by atoms with Crippen LogP contribution in [0.1, 0.15) is 25.5 Å². The van der Waals surface area contributed by atoms with Gasteiger partial charge in [-0.25, -0.2) is 9.97 Å². The lowest BCUT2D eigenvalue weighted by Crippen LogP contribution is -2.31. The summed E-state index contributed by atoms with van der Waals surface area (Å²) in [5.41, 5.74) is 13.6. The summed E-state index contributed by atoms with van der Waals surface area (Å²) in [6, 6.07) is 1.35. The number of aryl methyl sites for hydroxylation is 1. The van der Waals surface area contributed by atoms with Crippen LogP contribution < -0.4 is 11.5 Å².